The van der Waals surface area contributed by atoms with E-state index in [9.17, 15) is 18.0 Å². The highest BCUT2D eigenvalue weighted by molar-refractivity contribution is 5.81. The van der Waals surface area contributed by atoms with Crippen molar-refractivity contribution in [3.8, 4) is 22.8 Å². The maximum atomic E-state index is 12.6. The molecule has 0 atom stereocenters. The first-order chi connectivity index (χ1) is 18.6. The third-order valence-electron chi connectivity index (χ3n) is 6.52. The highest BCUT2D eigenvalue weighted by Gasteiger charge is 2.31. The van der Waals surface area contributed by atoms with E-state index in [1.165, 1.54) is 52.0 Å². The molecule has 4 aromatic rings. The maximum absolute atomic E-state index is 12.6. The topological polar surface area (TPSA) is 57.0 Å². The smallest absolute Gasteiger partial charge is 0.406 e. The summed E-state index contributed by atoms with van der Waals surface area (Å²) < 4.78 is 42.5. The van der Waals surface area contributed by atoms with Crippen LogP contribution in [0.25, 0.3) is 17.1 Å². The number of unbranched alkanes of at least 4 members (excludes halogenated alkanes) is 1. The molecule has 0 saturated heterocycles. The second-order valence-corrected chi connectivity index (χ2v) is 10.0. The molecule has 0 aliphatic heterocycles. The summed E-state index contributed by atoms with van der Waals surface area (Å²) in [5.41, 5.74) is 6.16. The minimum absolute atomic E-state index is 0.280. The zero-order valence-electron chi connectivity index (χ0n) is 22.3. The molecule has 4 rings (SSSR count). The number of nitrogens with zero attached hydrogens (tertiary/aromatic N) is 3. The molecule has 0 N–H and O–H groups in total. The van der Waals surface area contributed by atoms with Crippen LogP contribution in [0, 0.1) is 6.92 Å². The van der Waals surface area contributed by atoms with Gasteiger partial charge >= 0.3 is 6.36 Å². The number of carbonyl (C=O) groups excluding carboxylic acids is 1. The lowest BCUT2D eigenvalue weighted by Gasteiger charge is -2.13. The summed E-state index contributed by atoms with van der Waals surface area (Å²) >= 11 is 0. The van der Waals surface area contributed by atoms with Crippen LogP contribution in [0.15, 0.2) is 73.1 Å². The van der Waals surface area contributed by atoms with Crippen LogP contribution in [0.3, 0.4) is 0 Å². The summed E-state index contributed by atoms with van der Waals surface area (Å²) in [5, 5.41) is 4.44. The van der Waals surface area contributed by atoms with Gasteiger partial charge in [0.15, 0.2) is 5.82 Å². The largest absolute Gasteiger partial charge is 0.573 e. The third-order valence-corrected chi connectivity index (χ3v) is 6.52. The second-order valence-electron chi connectivity index (χ2n) is 10.0. The van der Waals surface area contributed by atoms with E-state index in [0.717, 1.165) is 30.4 Å². The minimum atomic E-state index is -4.73. The van der Waals surface area contributed by atoms with Crippen LogP contribution in [0.2, 0.25) is 0 Å². The number of alkyl halides is 3. The van der Waals surface area contributed by atoms with Gasteiger partial charge in [0.1, 0.15) is 17.9 Å². The molecule has 39 heavy (non-hydrogen) atoms. The van der Waals surface area contributed by atoms with Crippen molar-refractivity contribution in [2.45, 2.75) is 65.2 Å². The SMILES string of the molecule is Cc1ccc(C(C)C)c(CC(=O)CCCCc2ccc(-c3ncn(-c4ccc(OC(F)(F)F)cc4)n3)cc2)c1. The monoisotopic (exact) mass is 535 g/mol. The minimum Gasteiger partial charge on any atom is -0.406 e. The van der Waals surface area contributed by atoms with Crippen molar-refractivity contribution in [1.82, 2.24) is 14.8 Å². The highest BCUT2D eigenvalue weighted by Crippen LogP contribution is 2.25. The zero-order valence-corrected chi connectivity index (χ0v) is 22.3. The number of carbonyl (C=O) groups is 1. The number of aromatic nitrogens is 3. The Hall–Kier alpha value is -3.94. The molecule has 0 aliphatic rings. The van der Waals surface area contributed by atoms with Gasteiger partial charge in [0.2, 0.25) is 0 Å². The maximum Gasteiger partial charge on any atom is 0.573 e. The Kier molecular flexibility index (Phi) is 8.84. The first-order valence-electron chi connectivity index (χ1n) is 13.1. The lowest BCUT2D eigenvalue weighted by molar-refractivity contribution is -0.274. The normalized spacial score (nSPS) is 11.7. The third kappa shape index (κ3) is 8.02. The van der Waals surface area contributed by atoms with E-state index in [1.54, 1.807) is 0 Å². The Labute approximate surface area is 226 Å². The van der Waals surface area contributed by atoms with Gasteiger partial charge in [0.05, 0.1) is 5.69 Å². The van der Waals surface area contributed by atoms with E-state index >= 15 is 0 Å². The van der Waals surface area contributed by atoms with Gasteiger partial charge in [-0.1, -0.05) is 61.9 Å². The lowest BCUT2D eigenvalue weighted by atomic mass is 9.91. The number of rotatable bonds is 11. The van der Waals surface area contributed by atoms with E-state index < -0.39 is 6.36 Å². The molecule has 204 valence electrons. The van der Waals surface area contributed by atoms with Crippen molar-refractivity contribution in [2.75, 3.05) is 0 Å². The fourth-order valence-electron chi connectivity index (χ4n) is 4.54. The highest BCUT2D eigenvalue weighted by atomic mass is 19.4. The number of benzene rings is 3. The Morgan fingerprint density at radius 1 is 0.974 bits per heavy atom. The van der Waals surface area contributed by atoms with E-state index in [0.29, 0.717) is 30.3 Å². The van der Waals surface area contributed by atoms with Crippen molar-refractivity contribution in [3.05, 3.63) is 95.3 Å². The number of aryl methyl sites for hydroxylation is 2. The summed E-state index contributed by atoms with van der Waals surface area (Å²) in [5.74, 6) is 0.897. The van der Waals surface area contributed by atoms with Crippen molar-refractivity contribution in [1.29, 1.82) is 0 Å². The van der Waals surface area contributed by atoms with Crippen LogP contribution in [0.4, 0.5) is 13.2 Å². The van der Waals surface area contributed by atoms with Gasteiger partial charge < -0.3 is 4.74 Å². The van der Waals surface area contributed by atoms with Crippen LogP contribution in [-0.4, -0.2) is 26.9 Å². The van der Waals surface area contributed by atoms with E-state index in [2.05, 4.69) is 53.8 Å². The molecule has 1 heterocycles. The fraction of sp³-hybridized carbons (Fsp3) is 0.323. The van der Waals surface area contributed by atoms with Gasteiger partial charge in [0.25, 0.3) is 0 Å². The Morgan fingerprint density at radius 3 is 2.36 bits per heavy atom. The summed E-state index contributed by atoms with van der Waals surface area (Å²) in [6.45, 7) is 6.37. The molecule has 1 aromatic heterocycles. The van der Waals surface area contributed by atoms with E-state index in [1.807, 2.05) is 24.3 Å². The van der Waals surface area contributed by atoms with Gasteiger partial charge in [-0.2, -0.15) is 0 Å². The van der Waals surface area contributed by atoms with Crippen molar-refractivity contribution < 1.29 is 22.7 Å². The van der Waals surface area contributed by atoms with Crippen LogP contribution in [-0.2, 0) is 17.6 Å². The van der Waals surface area contributed by atoms with E-state index in [4.69, 9.17) is 0 Å². The molecule has 0 bridgehead atoms. The quantitative estimate of drug-likeness (QED) is 0.184. The predicted molar refractivity (Wildman–Crippen MR) is 145 cm³/mol. The first-order valence-corrected chi connectivity index (χ1v) is 13.1. The number of ether oxygens (including phenoxy) is 1. The average molecular weight is 536 g/mol. The summed E-state index contributed by atoms with van der Waals surface area (Å²) in [7, 11) is 0. The Bertz CT molecular complexity index is 1390. The molecule has 0 aliphatic carbocycles. The average Bonchev–Trinajstić information content (AvgIpc) is 3.37. The number of halogens is 3. The van der Waals surface area contributed by atoms with Gasteiger partial charge in [-0.05, 0) is 73.1 Å². The first kappa shape index (κ1) is 28.1. The van der Waals surface area contributed by atoms with Gasteiger partial charge in [-0.15, -0.1) is 18.3 Å². The molecule has 5 nitrogen and oxygen atoms in total. The number of ketones is 1. The fourth-order valence-corrected chi connectivity index (χ4v) is 4.54. The number of Topliss-reactive ketones (excluding diaryl/α,β-unsaturated/α-hetero) is 1. The van der Waals surface area contributed by atoms with Crippen LogP contribution < -0.4 is 4.74 Å². The summed E-state index contributed by atoms with van der Waals surface area (Å²) in [4.78, 5) is 16.9. The van der Waals surface area contributed by atoms with Crippen molar-refractivity contribution in [3.63, 3.8) is 0 Å². The molecule has 8 heteroatoms. The van der Waals surface area contributed by atoms with Crippen LogP contribution >= 0.6 is 0 Å². The van der Waals surface area contributed by atoms with Gasteiger partial charge in [0, 0.05) is 18.4 Å². The molecule has 3 aromatic carbocycles. The standard InChI is InChI=1S/C31H32F3N3O2/c1-21(2)29-17-8-22(3)18-25(29)19-27(38)7-5-4-6-23-9-11-24(12-10-23)30-35-20-37(36-30)26-13-15-28(16-14-26)39-31(32,33)34/h8-18,20-21H,4-7,19H2,1-3H3. The molecule has 0 unspecified atom stereocenters. The van der Waals surface area contributed by atoms with Crippen molar-refractivity contribution in [2.24, 2.45) is 0 Å². The molecule has 0 saturated carbocycles. The Morgan fingerprint density at radius 2 is 1.69 bits per heavy atom. The van der Waals surface area contributed by atoms with Crippen molar-refractivity contribution >= 4 is 5.78 Å². The Balaban J connectivity index is 1.26. The molecular weight excluding hydrogens is 503 g/mol. The summed E-state index contributed by atoms with van der Waals surface area (Å²) in [6.07, 6.45) is 0.511. The zero-order chi connectivity index (χ0) is 28.0. The molecule has 0 fully saturated rings. The van der Waals surface area contributed by atoms with Crippen LogP contribution in [0.1, 0.15) is 61.3 Å². The predicted octanol–water partition coefficient (Wildman–Crippen LogP) is 7.79. The summed E-state index contributed by atoms with van der Waals surface area (Å²) in [6, 6.07) is 19.8. The molecule has 0 radical (unpaired) electrons. The lowest BCUT2D eigenvalue weighted by Crippen LogP contribution is -2.17. The molecular formula is C31H32F3N3O2. The van der Waals surface area contributed by atoms with Gasteiger partial charge in [-0.3, -0.25) is 4.79 Å². The van der Waals surface area contributed by atoms with E-state index in [-0.39, 0.29) is 11.5 Å². The molecule has 0 spiro atoms. The second kappa shape index (κ2) is 12.3. The van der Waals surface area contributed by atoms with Crippen LogP contribution in [0.5, 0.6) is 5.75 Å². The number of hydrogen-bond donors (Lipinski definition) is 0. The number of hydrogen-bond acceptors (Lipinski definition) is 4. The van der Waals surface area contributed by atoms with Gasteiger partial charge in [-0.25, -0.2) is 9.67 Å². The molecule has 0 amide bonds.